The van der Waals surface area contributed by atoms with Crippen LogP contribution in [0.25, 0.3) is 121 Å². The lowest BCUT2D eigenvalue weighted by molar-refractivity contribution is 0.590. The first-order valence-electron chi connectivity index (χ1n) is 31.7. The summed E-state index contributed by atoms with van der Waals surface area (Å²) < 4.78 is 10.5. The summed E-state index contributed by atoms with van der Waals surface area (Å²) in [6.45, 7) is 28.1. The van der Waals surface area contributed by atoms with E-state index in [0.717, 1.165) is 22.7 Å². The van der Waals surface area contributed by atoms with Crippen LogP contribution in [0.2, 0.25) is 0 Å². The zero-order valence-corrected chi connectivity index (χ0v) is 52.4. The molecular weight excluding hydrogens is 1070 g/mol. The van der Waals surface area contributed by atoms with Crippen molar-refractivity contribution in [2.45, 2.75) is 105 Å². The number of hydrogen-bond donors (Lipinski definition) is 0. The number of fused-ring (bicyclic) bond motifs is 10. The van der Waals surface area contributed by atoms with Crippen molar-refractivity contribution in [2.75, 3.05) is 4.90 Å². The lowest BCUT2D eigenvalue weighted by atomic mass is 9.35. The van der Waals surface area contributed by atoms with Crippen molar-refractivity contribution in [2.24, 2.45) is 0 Å². The zero-order chi connectivity index (χ0) is 60.0. The van der Waals surface area contributed by atoms with Crippen LogP contribution in [-0.4, -0.2) is 25.0 Å². The largest absolute Gasteiger partial charge is 0.319 e. The molecule has 0 amide bonds. The molecule has 6 heteroatoms. The van der Waals surface area contributed by atoms with Crippen molar-refractivity contribution in [3.63, 3.8) is 0 Å². The maximum atomic E-state index is 2.69. The second-order valence-corrected chi connectivity index (χ2v) is 29.8. The molecule has 1 aliphatic carbocycles. The van der Waals surface area contributed by atoms with Crippen molar-refractivity contribution >= 4 is 127 Å². The molecule has 0 atom stereocenters. The van der Waals surface area contributed by atoms with Gasteiger partial charge in [0.25, 0.3) is 6.71 Å². The lowest BCUT2D eigenvalue weighted by Crippen LogP contribution is -2.62. The van der Waals surface area contributed by atoms with Crippen molar-refractivity contribution < 1.29 is 0 Å². The average molecular weight is 1140 g/mol. The molecule has 0 bridgehead atoms. The van der Waals surface area contributed by atoms with E-state index < -0.39 is 0 Å². The third-order valence-electron chi connectivity index (χ3n) is 20.4. The molecule has 0 spiro atoms. The normalized spacial score (nSPS) is 13.9. The summed E-state index contributed by atoms with van der Waals surface area (Å²) in [5, 5.41) is 11.7. The van der Waals surface area contributed by atoms with Crippen LogP contribution >= 0.6 is 0 Å². The predicted molar refractivity (Wildman–Crippen MR) is 377 cm³/mol. The van der Waals surface area contributed by atoms with Gasteiger partial charge in [0, 0.05) is 77.3 Å². The molecule has 0 saturated heterocycles. The molecule has 0 radical (unpaired) electrons. The molecule has 88 heavy (non-hydrogen) atoms. The van der Waals surface area contributed by atoms with Gasteiger partial charge in [0.1, 0.15) is 0 Å². The molecule has 0 saturated carbocycles. The number of anilines is 3. The van der Waals surface area contributed by atoms with Gasteiger partial charge in [-0.1, -0.05) is 186 Å². The summed E-state index contributed by atoms with van der Waals surface area (Å²) in [5.74, 6) is 0. The Morgan fingerprint density at radius 1 is 0.307 bits per heavy atom. The van der Waals surface area contributed by atoms with Gasteiger partial charge in [-0.05, 0) is 180 Å². The Kier molecular flexibility index (Phi) is 10.1. The first kappa shape index (κ1) is 51.7. The van der Waals surface area contributed by atoms with E-state index in [9.17, 15) is 0 Å². The van der Waals surface area contributed by atoms with Crippen LogP contribution in [0.15, 0.2) is 206 Å². The topological polar surface area (TPSA) is 23.0 Å². The molecule has 11 aromatic carbocycles. The molecule has 4 aromatic heterocycles. The molecule has 6 heterocycles. The summed E-state index contributed by atoms with van der Waals surface area (Å²) in [5.41, 5.74) is 28.3. The fourth-order valence-electron chi connectivity index (χ4n) is 16.1. The number of rotatable bonds is 4. The van der Waals surface area contributed by atoms with E-state index >= 15 is 0 Å². The van der Waals surface area contributed by atoms with Crippen molar-refractivity contribution in [3.05, 3.63) is 229 Å². The molecule has 0 fully saturated rings. The number of aromatic nitrogens is 4. The van der Waals surface area contributed by atoms with Crippen LogP contribution in [0.5, 0.6) is 0 Å². The van der Waals surface area contributed by atoms with Crippen molar-refractivity contribution in [1.29, 1.82) is 0 Å². The summed E-state index contributed by atoms with van der Waals surface area (Å²) in [7, 11) is 0. The third-order valence-corrected chi connectivity index (χ3v) is 20.4. The second kappa shape index (κ2) is 17.2. The third kappa shape index (κ3) is 6.84. The first-order valence-corrected chi connectivity index (χ1v) is 31.7. The van der Waals surface area contributed by atoms with Crippen molar-refractivity contribution in [1.82, 2.24) is 18.3 Å². The maximum Gasteiger partial charge on any atom is 0.273 e. The summed E-state index contributed by atoms with van der Waals surface area (Å²) in [4.78, 5) is 2.69. The Hall–Kier alpha value is -9.52. The number of nitrogens with zero attached hydrogens (tertiary/aromatic N) is 5. The smallest absolute Gasteiger partial charge is 0.273 e. The van der Waals surface area contributed by atoms with E-state index in [4.69, 9.17) is 0 Å². The van der Waals surface area contributed by atoms with Crippen LogP contribution in [0.3, 0.4) is 0 Å². The van der Waals surface area contributed by atoms with Crippen LogP contribution < -0.4 is 21.4 Å². The average Bonchev–Trinajstić information content (AvgIpc) is 1.46. The predicted octanol–water partition coefficient (Wildman–Crippen LogP) is 19.9. The van der Waals surface area contributed by atoms with Gasteiger partial charge < -0.3 is 23.2 Å². The second-order valence-electron chi connectivity index (χ2n) is 29.8. The highest BCUT2D eigenvalue weighted by atomic mass is 15.2. The fourth-order valence-corrected chi connectivity index (χ4v) is 16.1. The molecular formula is C82H70BN5. The van der Waals surface area contributed by atoms with E-state index in [1.54, 1.807) is 0 Å². The molecule has 0 unspecified atom stereocenters. The highest BCUT2D eigenvalue weighted by Crippen LogP contribution is 2.54. The lowest BCUT2D eigenvalue weighted by Gasteiger charge is -2.40. The Morgan fingerprint density at radius 3 is 1.43 bits per heavy atom. The summed E-state index contributed by atoms with van der Waals surface area (Å²) in [6, 6.07) is 80.4. The molecule has 5 nitrogen and oxygen atoms in total. The van der Waals surface area contributed by atoms with Gasteiger partial charge >= 0.3 is 0 Å². The van der Waals surface area contributed by atoms with Gasteiger partial charge in [-0.3, -0.25) is 0 Å². The Bertz CT molecular complexity index is 5580. The van der Waals surface area contributed by atoms with E-state index in [1.807, 2.05) is 0 Å². The van der Waals surface area contributed by atoms with Crippen LogP contribution in [0.1, 0.15) is 105 Å². The van der Waals surface area contributed by atoms with Gasteiger partial charge in [0.15, 0.2) is 0 Å². The SMILES string of the molecule is CC(C)(C)c1ccc(N2c3cc(-n4c5ccc6cccc7c6c5c5c6c8c-7cccc8n(-c7ccccc7)c6ccc54)cc4c3B(c3cc(C(C)(C)C)cc5c6cc(C(C)(C)C)ccc6n-4c35)c3c2c2cc(C(C)(C)C)ccc2n3-c2ccccc2)cc1. The standard InChI is InChI=1S/C82H70BN5/c1-79(2,3)48-30-34-54(35-31-48)86-68-45-55(85-65-36-29-47-21-19-26-56-57-27-20-28-64-71(57)73-66(84(64)52-22-15-13-16-23-52)39-40-67(85)74(73)72(65)70(47)56)46-69-75(68)83(78-77(86)60-42-50(81(7,8)9)33-38-63(60)87(78)53-24-17-14-18-25-53)61-44-51(82(10,11)12)43-59-58-41-49(80(4,5)6)32-37-62(58)88(69)76(59)61/h13-46H,1-12H3. The molecule has 426 valence electrons. The molecule has 15 aromatic rings. The maximum absolute atomic E-state index is 2.69. The minimum absolute atomic E-state index is 0.0361. The van der Waals surface area contributed by atoms with Gasteiger partial charge in [0.2, 0.25) is 0 Å². The fraction of sp³-hybridized carbons (Fsp3) is 0.195. The zero-order valence-electron chi connectivity index (χ0n) is 52.4. The van der Waals surface area contributed by atoms with Crippen molar-refractivity contribution in [3.8, 4) is 33.9 Å². The van der Waals surface area contributed by atoms with Gasteiger partial charge in [-0.25, -0.2) is 0 Å². The monoisotopic (exact) mass is 1140 g/mol. The van der Waals surface area contributed by atoms with E-state index in [1.165, 1.54) is 154 Å². The number of benzene rings is 11. The quantitative estimate of drug-likeness (QED) is 0.161. The van der Waals surface area contributed by atoms with Crippen LogP contribution in [0, 0.1) is 0 Å². The number of para-hydroxylation sites is 2. The molecule has 0 N–H and O–H groups in total. The van der Waals surface area contributed by atoms with Gasteiger partial charge in [-0.2, -0.15) is 0 Å². The Morgan fingerprint density at radius 2 is 0.795 bits per heavy atom. The molecule has 2 aliphatic heterocycles. The van der Waals surface area contributed by atoms with Crippen LogP contribution in [-0.2, 0) is 21.7 Å². The highest BCUT2D eigenvalue weighted by molar-refractivity contribution is 7.00. The molecule has 3 aliphatic rings. The van der Waals surface area contributed by atoms with E-state index in [2.05, 4.69) is 313 Å². The van der Waals surface area contributed by atoms with Crippen LogP contribution in [0.4, 0.5) is 17.1 Å². The minimum Gasteiger partial charge on any atom is -0.319 e. The summed E-state index contributed by atoms with van der Waals surface area (Å²) in [6.07, 6.45) is 0. The Balaban J connectivity index is 1.06. The van der Waals surface area contributed by atoms with E-state index in [0.29, 0.717) is 0 Å². The Labute approximate surface area is 514 Å². The molecule has 18 rings (SSSR count). The van der Waals surface area contributed by atoms with Gasteiger partial charge in [0.05, 0.1) is 44.5 Å². The first-order chi connectivity index (χ1) is 42.2. The highest BCUT2D eigenvalue weighted by Gasteiger charge is 2.47. The van der Waals surface area contributed by atoms with E-state index in [-0.39, 0.29) is 28.4 Å². The minimum atomic E-state index is -0.161. The van der Waals surface area contributed by atoms with Gasteiger partial charge in [-0.15, -0.1) is 0 Å². The number of hydrogen-bond acceptors (Lipinski definition) is 1. The summed E-state index contributed by atoms with van der Waals surface area (Å²) >= 11 is 0.